The van der Waals surface area contributed by atoms with Gasteiger partial charge in [0.1, 0.15) is 0 Å². The van der Waals surface area contributed by atoms with Gasteiger partial charge >= 0.3 is 0 Å². The first kappa shape index (κ1) is 11.9. The molecule has 1 N–H and O–H groups in total. The van der Waals surface area contributed by atoms with Gasteiger partial charge < -0.3 is 5.32 Å². The zero-order valence-electron chi connectivity index (χ0n) is 9.23. The van der Waals surface area contributed by atoms with Crippen LogP contribution in [0.5, 0.6) is 0 Å². The average molecular weight is 208 g/mol. The number of hydrogen-bond acceptors (Lipinski definition) is 3. The third-order valence-corrected chi connectivity index (χ3v) is 2.25. The zero-order valence-corrected chi connectivity index (χ0v) is 9.23. The summed E-state index contributed by atoms with van der Waals surface area (Å²) in [4.78, 5) is 0. The minimum Gasteiger partial charge on any atom is -0.315 e. The van der Waals surface area contributed by atoms with Crippen LogP contribution in [0.1, 0.15) is 25.7 Å². The third kappa shape index (κ3) is 6.01. The highest BCUT2D eigenvalue weighted by molar-refractivity contribution is 4.66. The first-order chi connectivity index (χ1) is 7.43. The highest BCUT2D eigenvalue weighted by Gasteiger charge is 1.91. The van der Waals surface area contributed by atoms with Gasteiger partial charge in [-0.1, -0.05) is 17.7 Å². The SMILES string of the molecule is C=CCCCCCNCCn1ccnn1. The van der Waals surface area contributed by atoms with Crippen molar-refractivity contribution in [1.29, 1.82) is 0 Å². The van der Waals surface area contributed by atoms with Gasteiger partial charge in [0.2, 0.25) is 0 Å². The van der Waals surface area contributed by atoms with Crippen molar-refractivity contribution < 1.29 is 0 Å². The van der Waals surface area contributed by atoms with Crippen LogP contribution in [-0.2, 0) is 6.54 Å². The van der Waals surface area contributed by atoms with Gasteiger partial charge in [0.25, 0.3) is 0 Å². The maximum Gasteiger partial charge on any atom is 0.0692 e. The summed E-state index contributed by atoms with van der Waals surface area (Å²) in [6, 6.07) is 0. The minimum absolute atomic E-state index is 0.895. The topological polar surface area (TPSA) is 42.7 Å². The van der Waals surface area contributed by atoms with Crippen molar-refractivity contribution in [3.05, 3.63) is 25.0 Å². The summed E-state index contributed by atoms with van der Waals surface area (Å²) in [7, 11) is 0. The van der Waals surface area contributed by atoms with E-state index in [2.05, 4.69) is 22.2 Å². The van der Waals surface area contributed by atoms with Crippen LogP contribution in [0.2, 0.25) is 0 Å². The second kappa shape index (κ2) is 8.17. The maximum atomic E-state index is 3.89. The van der Waals surface area contributed by atoms with Crippen LogP contribution in [0.25, 0.3) is 0 Å². The molecule has 0 radical (unpaired) electrons. The summed E-state index contributed by atoms with van der Waals surface area (Å²) in [5.74, 6) is 0. The molecule has 0 bridgehead atoms. The summed E-state index contributed by atoms with van der Waals surface area (Å²) < 4.78 is 1.84. The Bertz CT molecular complexity index is 243. The molecule has 0 saturated heterocycles. The molecule has 0 unspecified atom stereocenters. The van der Waals surface area contributed by atoms with Gasteiger partial charge in [-0.15, -0.1) is 11.7 Å². The molecule has 1 rings (SSSR count). The standard InChI is InChI=1S/C11H20N4/c1-2-3-4-5-6-7-12-8-10-15-11-9-13-14-15/h2,9,11-12H,1,3-8,10H2. The van der Waals surface area contributed by atoms with Gasteiger partial charge in [-0.2, -0.15) is 0 Å². The number of aromatic nitrogens is 3. The second-order valence-corrected chi connectivity index (χ2v) is 3.55. The van der Waals surface area contributed by atoms with Gasteiger partial charge in [-0.3, -0.25) is 4.68 Å². The number of hydrogen-bond donors (Lipinski definition) is 1. The monoisotopic (exact) mass is 208 g/mol. The summed E-state index contributed by atoms with van der Waals surface area (Å²) in [5.41, 5.74) is 0. The summed E-state index contributed by atoms with van der Waals surface area (Å²) in [6.07, 6.45) is 10.5. The van der Waals surface area contributed by atoms with E-state index in [1.54, 1.807) is 6.20 Å². The van der Waals surface area contributed by atoms with Crippen molar-refractivity contribution >= 4 is 0 Å². The molecule has 84 valence electrons. The molecule has 0 amide bonds. The quantitative estimate of drug-likeness (QED) is 0.495. The number of allylic oxidation sites excluding steroid dienone is 1. The van der Waals surface area contributed by atoms with Crippen LogP contribution in [0.4, 0.5) is 0 Å². The highest BCUT2D eigenvalue weighted by atomic mass is 15.4. The van der Waals surface area contributed by atoms with Crippen LogP contribution in [0.3, 0.4) is 0 Å². The summed E-state index contributed by atoms with van der Waals surface area (Å²) >= 11 is 0. The Morgan fingerprint density at radius 1 is 1.27 bits per heavy atom. The fraction of sp³-hybridized carbons (Fsp3) is 0.636. The van der Waals surface area contributed by atoms with E-state index in [1.165, 1.54) is 19.3 Å². The lowest BCUT2D eigenvalue weighted by molar-refractivity contribution is 0.526. The fourth-order valence-corrected chi connectivity index (χ4v) is 1.39. The largest absolute Gasteiger partial charge is 0.315 e. The average Bonchev–Trinajstić information content (AvgIpc) is 2.75. The molecular weight excluding hydrogens is 188 g/mol. The van der Waals surface area contributed by atoms with E-state index in [0.717, 1.165) is 26.1 Å². The normalized spacial score (nSPS) is 10.4. The van der Waals surface area contributed by atoms with Crippen molar-refractivity contribution in [3.8, 4) is 0 Å². The first-order valence-corrected chi connectivity index (χ1v) is 5.59. The van der Waals surface area contributed by atoms with E-state index >= 15 is 0 Å². The number of nitrogens with zero attached hydrogens (tertiary/aromatic N) is 3. The van der Waals surface area contributed by atoms with Gasteiger partial charge in [-0.25, -0.2) is 0 Å². The highest BCUT2D eigenvalue weighted by Crippen LogP contribution is 1.98. The van der Waals surface area contributed by atoms with Crippen LogP contribution in [-0.4, -0.2) is 28.1 Å². The Hall–Kier alpha value is -1.16. The molecular formula is C11H20N4. The van der Waals surface area contributed by atoms with Gasteiger partial charge in [0, 0.05) is 12.7 Å². The molecule has 4 heteroatoms. The molecule has 1 heterocycles. The molecule has 4 nitrogen and oxygen atoms in total. The molecule has 0 aromatic carbocycles. The van der Waals surface area contributed by atoms with E-state index in [1.807, 2.05) is 17.0 Å². The molecule has 0 atom stereocenters. The Morgan fingerprint density at radius 2 is 2.20 bits per heavy atom. The van der Waals surface area contributed by atoms with Crippen molar-refractivity contribution in [2.75, 3.05) is 13.1 Å². The van der Waals surface area contributed by atoms with E-state index in [9.17, 15) is 0 Å². The van der Waals surface area contributed by atoms with Crippen LogP contribution >= 0.6 is 0 Å². The third-order valence-electron chi connectivity index (χ3n) is 2.25. The molecule has 1 aromatic rings. The lowest BCUT2D eigenvalue weighted by Crippen LogP contribution is -2.21. The molecule has 0 spiro atoms. The molecule has 1 aromatic heterocycles. The lowest BCUT2D eigenvalue weighted by atomic mass is 10.2. The van der Waals surface area contributed by atoms with Gasteiger partial charge in [-0.05, 0) is 25.8 Å². The summed E-state index contributed by atoms with van der Waals surface area (Å²) in [5, 5.41) is 11.0. The van der Waals surface area contributed by atoms with Crippen molar-refractivity contribution in [2.24, 2.45) is 0 Å². The number of nitrogens with one attached hydrogen (secondary N) is 1. The van der Waals surface area contributed by atoms with Crippen LogP contribution in [0.15, 0.2) is 25.0 Å². The number of unbranched alkanes of at least 4 members (excludes halogenated alkanes) is 3. The van der Waals surface area contributed by atoms with E-state index in [-0.39, 0.29) is 0 Å². The van der Waals surface area contributed by atoms with Crippen molar-refractivity contribution in [1.82, 2.24) is 20.3 Å². The molecule has 0 aliphatic heterocycles. The smallest absolute Gasteiger partial charge is 0.0692 e. The van der Waals surface area contributed by atoms with E-state index < -0.39 is 0 Å². The molecule has 0 aliphatic carbocycles. The Kier molecular flexibility index (Phi) is 6.49. The van der Waals surface area contributed by atoms with Crippen LogP contribution in [0, 0.1) is 0 Å². The van der Waals surface area contributed by atoms with E-state index in [0.29, 0.717) is 0 Å². The second-order valence-electron chi connectivity index (χ2n) is 3.55. The maximum absolute atomic E-state index is 3.89. The zero-order chi connectivity index (χ0) is 10.8. The lowest BCUT2D eigenvalue weighted by Gasteiger charge is -2.03. The Labute approximate surface area is 91.4 Å². The van der Waals surface area contributed by atoms with Crippen LogP contribution < -0.4 is 5.32 Å². The van der Waals surface area contributed by atoms with Gasteiger partial charge in [0.05, 0.1) is 12.7 Å². The Morgan fingerprint density at radius 3 is 2.93 bits per heavy atom. The van der Waals surface area contributed by atoms with Gasteiger partial charge in [0.15, 0.2) is 0 Å². The molecule has 0 fully saturated rings. The fourth-order valence-electron chi connectivity index (χ4n) is 1.39. The molecule has 0 aliphatic rings. The number of rotatable bonds is 9. The van der Waals surface area contributed by atoms with E-state index in [4.69, 9.17) is 0 Å². The first-order valence-electron chi connectivity index (χ1n) is 5.59. The minimum atomic E-state index is 0.895. The molecule has 0 saturated carbocycles. The predicted octanol–water partition coefficient (Wildman–Crippen LogP) is 1.61. The van der Waals surface area contributed by atoms with Crippen molar-refractivity contribution in [3.63, 3.8) is 0 Å². The predicted molar refractivity (Wildman–Crippen MR) is 61.6 cm³/mol. The Balaban J connectivity index is 1.83. The van der Waals surface area contributed by atoms with Crippen molar-refractivity contribution in [2.45, 2.75) is 32.2 Å². The summed E-state index contributed by atoms with van der Waals surface area (Å²) in [6.45, 7) is 6.65. The molecule has 15 heavy (non-hydrogen) atoms.